The van der Waals surface area contributed by atoms with E-state index >= 15 is 0 Å². The number of hydrogen-bond acceptors (Lipinski definition) is 2. The zero-order chi connectivity index (χ0) is 16.7. The van der Waals surface area contributed by atoms with Gasteiger partial charge in [0.15, 0.2) is 0 Å². The van der Waals surface area contributed by atoms with Crippen LogP contribution in [0.5, 0.6) is 0 Å². The summed E-state index contributed by atoms with van der Waals surface area (Å²) in [6.07, 6.45) is 0. The summed E-state index contributed by atoms with van der Waals surface area (Å²) in [5.74, 6) is -0.339. The molecule has 0 aliphatic rings. The van der Waals surface area contributed by atoms with E-state index in [9.17, 15) is 9.59 Å². The molecule has 2 aromatic carbocycles. The summed E-state index contributed by atoms with van der Waals surface area (Å²) in [5.41, 5.74) is 7.51. The third-order valence-electron chi connectivity index (χ3n) is 3.48. The van der Waals surface area contributed by atoms with Crippen LogP contribution >= 0.6 is 0 Å². The molecule has 0 fully saturated rings. The Morgan fingerprint density at radius 1 is 0.957 bits per heavy atom. The van der Waals surface area contributed by atoms with Crippen molar-refractivity contribution in [3.63, 3.8) is 0 Å². The zero-order valence-electron chi connectivity index (χ0n) is 13.4. The average molecular weight is 311 g/mol. The van der Waals surface area contributed by atoms with Crippen LogP contribution in [0.1, 0.15) is 28.4 Å². The fourth-order valence-electron chi connectivity index (χ4n) is 2.10. The first-order valence-electron chi connectivity index (χ1n) is 7.56. The number of nitrogens with zero attached hydrogens (tertiary/aromatic N) is 1. The number of amides is 3. The van der Waals surface area contributed by atoms with Gasteiger partial charge in [-0.05, 0) is 31.5 Å². The maximum atomic E-state index is 12.2. The molecule has 0 radical (unpaired) electrons. The summed E-state index contributed by atoms with van der Waals surface area (Å²) in [7, 11) is 0. The van der Waals surface area contributed by atoms with Crippen molar-refractivity contribution in [1.29, 1.82) is 0 Å². The highest BCUT2D eigenvalue weighted by atomic mass is 16.2. The van der Waals surface area contributed by atoms with Gasteiger partial charge in [-0.3, -0.25) is 10.2 Å². The van der Waals surface area contributed by atoms with Gasteiger partial charge in [-0.15, -0.1) is 0 Å². The smallest absolute Gasteiger partial charge is 0.319 e. The van der Waals surface area contributed by atoms with Crippen molar-refractivity contribution in [2.75, 3.05) is 6.54 Å². The predicted octanol–water partition coefficient (Wildman–Crippen LogP) is 2.87. The lowest BCUT2D eigenvalue weighted by Crippen LogP contribution is -2.48. The lowest BCUT2D eigenvalue weighted by atomic mass is 10.1. The van der Waals surface area contributed by atoms with Crippen molar-refractivity contribution in [2.24, 2.45) is 0 Å². The molecular formula is C18H21N3O2. The second-order valence-electron chi connectivity index (χ2n) is 5.25. The third kappa shape index (κ3) is 4.85. The second kappa shape index (κ2) is 7.98. The number of aryl methyl sites for hydroxylation is 1. The van der Waals surface area contributed by atoms with Crippen LogP contribution in [0, 0.1) is 6.92 Å². The van der Waals surface area contributed by atoms with E-state index in [0.29, 0.717) is 18.7 Å². The highest BCUT2D eigenvalue weighted by molar-refractivity contribution is 5.95. The molecule has 2 N–H and O–H groups in total. The van der Waals surface area contributed by atoms with Crippen LogP contribution in [0.4, 0.5) is 4.79 Å². The molecule has 0 aliphatic carbocycles. The van der Waals surface area contributed by atoms with E-state index in [1.54, 1.807) is 17.0 Å². The molecule has 0 saturated carbocycles. The number of hydrogen-bond donors (Lipinski definition) is 2. The van der Waals surface area contributed by atoms with Gasteiger partial charge in [0, 0.05) is 18.7 Å². The molecular weight excluding hydrogens is 290 g/mol. The van der Waals surface area contributed by atoms with Gasteiger partial charge in [0.1, 0.15) is 0 Å². The molecule has 3 amide bonds. The van der Waals surface area contributed by atoms with Crippen molar-refractivity contribution in [3.8, 4) is 0 Å². The number of benzene rings is 2. The van der Waals surface area contributed by atoms with Gasteiger partial charge in [-0.1, -0.05) is 48.0 Å². The zero-order valence-corrected chi connectivity index (χ0v) is 13.4. The molecule has 23 heavy (non-hydrogen) atoms. The van der Waals surface area contributed by atoms with Gasteiger partial charge < -0.3 is 4.90 Å². The van der Waals surface area contributed by atoms with E-state index in [2.05, 4.69) is 10.9 Å². The molecule has 0 unspecified atom stereocenters. The molecule has 5 heteroatoms. The van der Waals surface area contributed by atoms with E-state index in [1.165, 1.54) is 0 Å². The number of carbonyl (C=O) groups excluding carboxylic acids is 2. The Labute approximate surface area is 136 Å². The normalized spacial score (nSPS) is 10.0. The number of urea groups is 1. The molecule has 0 bridgehead atoms. The number of carbonyl (C=O) groups is 2. The van der Waals surface area contributed by atoms with Crippen LogP contribution in [0.15, 0.2) is 54.6 Å². The lowest BCUT2D eigenvalue weighted by Gasteiger charge is -2.21. The Morgan fingerprint density at radius 2 is 1.61 bits per heavy atom. The van der Waals surface area contributed by atoms with Crippen molar-refractivity contribution in [3.05, 3.63) is 71.3 Å². The number of hydrazine groups is 1. The average Bonchev–Trinajstić information content (AvgIpc) is 2.58. The van der Waals surface area contributed by atoms with E-state index in [0.717, 1.165) is 11.1 Å². The highest BCUT2D eigenvalue weighted by Crippen LogP contribution is 2.05. The van der Waals surface area contributed by atoms with E-state index in [-0.39, 0.29) is 11.9 Å². The number of nitrogens with one attached hydrogen (secondary N) is 2. The summed E-state index contributed by atoms with van der Waals surface area (Å²) >= 11 is 0. The summed E-state index contributed by atoms with van der Waals surface area (Å²) in [4.78, 5) is 25.8. The minimum atomic E-state index is -0.339. The maximum absolute atomic E-state index is 12.2. The molecule has 0 heterocycles. The minimum Gasteiger partial charge on any atom is -0.319 e. The number of rotatable bonds is 4. The van der Waals surface area contributed by atoms with Crippen molar-refractivity contribution < 1.29 is 9.59 Å². The van der Waals surface area contributed by atoms with Crippen LogP contribution in [0.25, 0.3) is 0 Å². The molecule has 2 rings (SSSR count). The van der Waals surface area contributed by atoms with Crippen LogP contribution in [0.3, 0.4) is 0 Å². The van der Waals surface area contributed by atoms with Crippen molar-refractivity contribution in [1.82, 2.24) is 15.8 Å². The standard InChI is InChI=1S/C18H21N3O2/c1-3-21(13-15-7-5-4-6-8-15)18(23)20-19-17(22)16-11-9-14(2)10-12-16/h4-12H,3,13H2,1-2H3,(H,19,22)(H,20,23). The Morgan fingerprint density at radius 3 is 2.22 bits per heavy atom. The van der Waals surface area contributed by atoms with Gasteiger partial charge >= 0.3 is 6.03 Å². The largest absolute Gasteiger partial charge is 0.336 e. The summed E-state index contributed by atoms with van der Waals surface area (Å²) in [6, 6.07) is 16.5. The first-order valence-corrected chi connectivity index (χ1v) is 7.56. The van der Waals surface area contributed by atoms with E-state index in [1.807, 2.05) is 56.3 Å². The van der Waals surface area contributed by atoms with Crippen LogP contribution in [0.2, 0.25) is 0 Å². The summed E-state index contributed by atoms with van der Waals surface area (Å²) in [6.45, 7) is 4.88. The fraction of sp³-hybridized carbons (Fsp3) is 0.222. The molecule has 2 aromatic rings. The molecule has 0 aromatic heterocycles. The predicted molar refractivity (Wildman–Crippen MR) is 89.7 cm³/mol. The van der Waals surface area contributed by atoms with Crippen LogP contribution < -0.4 is 10.9 Å². The van der Waals surface area contributed by atoms with Gasteiger partial charge in [-0.25, -0.2) is 10.2 Å². The first kappa shape index (κ1) is 16.5. The van der Waals surface area contributed by atoms with Gasteiger partial charge in [0.05, 0.1) is 0 Å². The topological polar surface area (TPSA) is 61.4 Å². The summed E-state index contributed by atoms with van der Waals surface area (Å²) in [5, 5.41) is 0. The highest BCUT2D eigenvalue weighted by Gasteiger charge is 2.13. The van der Waals surface area contributed by atoms with E-state index in [4.69, 9.17) is 0 Å². The summed E-state index contributed by atoms with van der Waals surface area (Å²) < 4.78 is 0. The Balaban J connectivity index is 1.89. The van der Waals surface area contributed by atoms with Crippen LogP contribution in [-0.4, -0.2) is 23.4 Å². The fourth-order valence-corrected chi connectivity index (χ4v) is 2.10. The third-order valence-corrected chi connectivity index (χ3v) is 3.48. The second-order valence-corrected chi connectivity index (χ2v) is 5.25. The Bertz CT molecular complexity index is 654. The quantitative estimate of drug-likeness (QED) is 0.853. The van der Waals surface area contributed by atoms with Gasteiger partial charge in [0.25, 0.3) is 5.91 Å². The van der Waals surface area contributed by atoms with Gasteiger partial charge in [-0.2, -0.15) is 0 Å². The molecule has 5 nitrogen and oxygen atoms in total. The van der Waals surface area contributed by atoms with Crippen molar-refractivity contribution in [2.45, 2.75) is 20.4 Å². The Kier molecular flexibility index (Phi) is 5.74. The minimum absolute atomic E-state index is 0.336. The molecule has 0 aliphatic heterocycles. The Hall–Kier alpha value is -2.82. The monoisotopic (exact) mass is 311 g/mol. The molecule has 0 atom stereocenters. The maximum Gasteiger partial charge on any atom is 0.336 e. The molecule has 0 saturated heterocycles. The lowest BCUT2D eigenvalue weighted by molar-refractivity contribution is 0.0929. The first-order chi connectivity index (χ1) is 11.1. The van der Waals surface area contributed by atoms with E-state index < -0.39 is 0 Å². The van der Waals surface area contributed by atoms with Crippen LogP contribution in [-0.2, 0) is 6.54 Å². The van der Waals surface area contributed by atoms with Crippen molar-refractivity contribution >= 4 is 11.9 Å². The molecule has 120 valence electrons. The SMILES string of the molecule is CCN(Cc1ccccc1)C(=O)NNC(=O)c1ccc(C)cc1. The molecule has 0 spiro atoms. The van der Waals surface area contributed by atoms with Gasteiger partial charge in [0.2, 0.25) is 0 Å².